The Bertz CT molecular complexity index is 549. The Hall–Kier alpha value is -2.00. The lowest BCUT2D eigenvalue weighted by atomic mass is 10.1. The summed E-state index contributed by atoms with van der Waals surface area (Å²) in [4.78, 5) is 0. The highest BCUT2D eigenvalue weighted by atomic mass is 16.5. The van der Waals surface area contributed by atoms with Crippen molar-refractivity contribution in [1.82, 2.24) is 5.32 Å². The van der Waals surface area contributed by atoms with Crippen LogP contribution < -0.4 is 14.8 Å². The molecule has 0 bridgehead atoms. The molecule has 20 heavy (non-hydrogen) atoms. The van der Waals surface area contributed by atoms with Gasteiger partial charge in [-0.1, -0.05) is 6.07 Å². The normalized spacial score (nSPS) is 10.3. The van der Waals surface area contributed by atoms with Gasteiger partial charge in [-0.2, -0.15) is 0 Å². The van der Waals surface area contributed by atoms with E-state index in [1.807, 2.05) is 44.3 Å². The molecule has 1 N–H and O–H groups in total. The zero-order chi connectivity index (χ0) is 14.4. The largest absolute Gasteiger partial charge is 0.494 e. The van der Waals surface area contributed by atoms with E-state index in [-0.39, 0.29) is 0 Å². The van der Waals surface area contributed by atoms with E-state index in [0.717, 1.165) is 23.8 Å². The first-order chi connectivity index (χ1) is 9.72. The van der Waals surface area contributed by atoms with E-state index in [4.69, 9.17) is 9.47 Å². The van der Waals surface area contributed by atoms with Gasteiger partial charge in [0.25, 0.3) is 0 Å². The van der Waals surface area contributed by atoms with Gasteiger partial charge in [0.15, 0.2) is 0 Å². The van der Waals surface area contributed by atoms with Gasteiger partial charge in [-0.15, -0.1) is 0 Å². The molecule has 0 heterocycles. The summed E-state index contributed by atoms with van der Waals surface area (Å²) in [5.74, 6) is 2.53. The van der Waals surface area contributed by atoms with Crippen LogP contribution in [0.25, 0.3) is 0 Å². The van der Waals surface area contributed by atoms with Crippen LogP contribution in [0.2, 0.25) is 0 Å². The van der Waals surface area contributed by atoms with Crippen LogP contribution in [-0.4, -0.2) is 13.7 Å². The van der Waals surface area contributed by atoms with Crippen LogP contribution in [0.15, 0.2) is 42.5 Å². The molecule has 2 rings (SSSR count). The van der Waals surface area contributed by atoms with Crippen LogP contribution in [0.3, 0.4) is 0 Å². The molecule has 0 saturated heterocycles. The minimum absolute atomic E-state index is 0.673. The van der Waals surface area contributed by atoms with Gasteiger partial charge in [-0.3, -0.25) is 0 Å². The summed E-state index contributed by atoms with van der Waals surface area (Å²) in [6.45, 7) is 5.61. The average Bonchev–Trinajstić information content (AvgIpc) is 2.44. The predicted octanol–water partition coefficient (Wildman–Crippen LogP) is 3.91. The summed E-state index contributed by atoms with van der Waals surface area (Å²) < 4.78 is 11.3. The third-order valence-electron chi connectivity index (χ3n) is 3.05. The van der Waals surface area contributed by atoms with Crippen molar-refractivity contribution in [1.29, 1.82) is 0 Å². The Labute approximate surface area is 120 Å². The number of hydrogen-bond donors (Lipinski definition) is 1. The van der Waals surface area contributed by atoms with E-state index in [0.29, 0.717) is 6.61 Å². The lowest BCUT2D eigenvalue weighted by Crippen LogP contribution is -2.06. The number of benzene rings is 2. The molecule has 0 aromatic heterocycles. The van der Waals surface area contributed by atoms with Gasteiger partial charge in [-0.25, -0.2) is 0 Å². The summed E-state index contributed by atoms with van der Waals surface area (Å²) in [5, 5.41) is 3.16. The molecule has 0 aliphatic rings. The second-order valence-corrected chi connectivity index (χ2v) is 4.63. The summed E-state index contributed by atoms with van der Waals surface area (Å²) in [7, 11) is 1.95. The molecule has 0 atom stereocenters. The number of aryl methyl sites for hydroxylation is 1. The Balaban J connectivity index is 2.07. The molecule has 0 amide bonds. The smallest absolute Gasteiger partial charge is 0.127 e. The zero-order valence-electron chi connectivity index (χ0n) is 12.3. The lowest BCUT2D eigenvalue weighted by Gasteiger charge is -2.10. The summed E-state index contributed by atoms with van der Waals surface area (Å²) in [5.41, 5.74) is 2.51. The van der Waals surface area contributed by atoms with Crippen molar-refractivity contribution >= 4 is 0 Å². The molecule has 2 aromatic carbocycles. The van der Waals surface area contributed by atoms with Gasteiger partial charge in [-0.05, 0) is 68.4 Å². The Morgan fingerprint density at radius 2 is 1.60 bits per heavy atom. The summed E-state index contributed by atoms with van der Waals surface area (Å²) >= 11 is 0. The Morgan fingerprint density at radius 3 is 2.20 bits per heavy atom. The van der Waals surface area contributed by atoms with E-state index in [2.05, 4.69) is 24.4 Å². The molecule has 0 radical (unpaired) electrons. The third-order valence-corrected chi connectivity index (χ3v) is 3.05. The number of nitrogens with one attached hydrogen (secondary N) is 1. The Kier molecular flexibility index (Phi) is 5.02. The number of ether oxygens (including phenoxy) is 2. The van der Waals surface area contributed by atoms with E-state index < -0.39 is 0 Å². The van der Waals surface area contributed by atoms with E-state index >= 15 is 0 Å². The predicted molar refractivity (Wildman–Crippen MR) is 81.6 cm³/mol. The zero-order valence-corrected chi connectivity index (χ0v) is 12.3. The van der Waals surface area contributed by atoms with Gasteiger partial charge in [0.2, 0.25) is 0 Å². The fourth-order valence-electron chi connectivity index (χ4n) is 2.03. The van der Waals surface area contributed by atoms with Crippen molar-refractivity contribution < 1.29 is 9.47 Å². The van der Waals surface area contributed by atoms with Crippen LogP contribution in [-0.2, 0) is 6.54 Å². The van der Waals surface area contributed by atoms with Crippen LogP contribution in [0, 0.1) is 6.92 Å². The molecule has 0 aliphatic carbocycles. The monoisotopic (exact) mass is 271 g/mol. The molecule has 0 spiro atoms. The van der Waals surface area contributed by atoms with Crippen LogP contribution in [0.4, 0.5) is 0 Å². The van der Waals surface area contributed by atoms with Gasteiger partial charge < -0.3 is 14.8 Å². The number of hydrogen-bond acceptors (Lipinski definition) is 3. The maximum absolute atomic E-state index is 5.85. The fourth-order valence-corrected chi connectivity index (χ4v) is 2.03. The second kappa shape index (κ2) is 6.96. The molecule has 2 aromatic rings. The Morgan fingerprint density at radius 1 is 0.950 bits per heavy atom. The quantitative estimate of drug-likeness (QED) is 0.864. The van der Waals surface area contributed by atoms with Gasteiger partial charge in [0.1, 0.15) is 17.2 Å². The lowest BCUT2D eigenvalue weighted by molar-refractivity contribution is 0.339. The van der Waals surface area contributed by atoms with Crippen molar-refractivity contribution in [3.63, 3.8) is 0 Å². The summed E-state index contributed by atoms with van der Waals surface area (Å²) in [6, 6.07) is 13.8. The SMILES string of the molecule is CCOc1ccc(Oc2ccc(CNC)c(C)c2)cc1. The maximum atomic E-state index is 5.85. The molecule has 0 aliphatic heterocycles. The minimum Gasteiger partial charge on any atom is -0.494 e. The van der Waals surface area contributed by atoms with E-state index in [1.54, 1.807) is 0 Å². The average molecular weight is 271 g/mol. The summed E-state index contributed by atoms with van der Waals surface area (Å²) in [6.07, 6.45) is 0. The molecular formula is C17H21NO2. The minimum atomic E-state index is 0.673. The molecule has 3 nitrogen and oxygen atoms in total. The second-order valence-electron chi connectivity index (χ2n) is 4.63. The molecule has 106 valence electrons. The third kappa shape index (κ3) is 3.75. The molecule has 0 unspecified atom stereocenters. The first kappa shape index (κ1) is 14.4. The molecule has 0 saturated carbocycles. The number of rotatable bonds is 6. The van der Waals surface area contributed by atoms with Crippen LogP contribution >= 0.6 is 0 Å². The standard InChI is InChI=1S/C17H21NO2/c1-4-19-15-7-9-16(10-8-15)20-17-6-5-14(12-18-3)13(2)11-17/h5-11,18H,4,12H2,1-3H3. The highest BCUT2D eigenvalue weighted by molar-refractivity contribution is 5.39. The van der Waals surface area contributed by atoms with Crippen molar-refractivity contribution in [3.05, 3.63) is 53.6 Å². The highest BCUT2D eigenvalue weighted by Crippen LogP contribution is 2.25. The van der Waals surface area contributed by atoms with Gasteiger partial charge >= 0.3 is 0 Å². The molecular weight excluding hydrogens is 250 g/mol. The topological polar surface area (TPSA) is 30.5 Å². The van der Waals surface area contributed by atoms with Crippen LogP contribution in [0.5, 0.6) is 17.2 Å². The van der Waals surface area contributed by atoms with Crippen molar-refractivity contribution in [3.8, 4) is 17.2 Å². The first-order valence-electron chi connectivity index (χ1n) is 6.87. The van der Waals surface area contributed by atoms with Gasteiger partial charge in [0.05, 0.1) is 6.61 Å². The highest BCUT2D eigenvalue weighted by Gasteiger charge is 2.02. The van der Waals surface area contributed by atoms with Crippen LogP contribution in [0.1, 0.15) is 18.1 Å². The fraction of sp³-hybridized carbons (Fsp3) is 0.294. The molecule has 3 heteroatoms. The van der Waals surface area contributed by atoms with Crippen molar-refractivity contribution in [2.24, 2.45) is 0 Å². The van der Waals surface area contributed by atoms with Crippen molar-refractivity contribution in [2.75, 3.05) is 13.7 Å². The van der Waals surface area contributed by atoms with E-state index in [1.165, 1.54) is 11.1 Å². The van der Waals surface area contributed by atoms with Gasteiger partial charge in [0, 0.05) is 6.54 Å². The molecule has 0 fully saturated rings. The maximum Gasteiger partial charge on any atom is 0.127 e. The first-order valence-corrected chi connectivity index (χ1v) is 6.87. The van der Waals surface area contributed by atoms with Crippen molar-refractivity contribution in [2.45, 2.75) is 20.4 Å². The van der Waals surface area contributed by atoms with E-state index in [9.17, 15) is 0 Å².